The number of carbonyl (C=O) groups excluding carboxylic acids is 2. The van der Waals surface area contributed by atoms with E-state index in [9.17, 15) is 9.59 Å². The van der Waals surface area contributed by atoms with Gasteiger partial charge in [0.05, 0.1) is 6.61 Å². The average Bonchev–Trinajstić information content (AvgIpc) is 2.77. The van der Waals surface area contributed by atoms with Gasteiger partial charge in [-0.2, -0.15) is 0 Å². The molecule has 2 aliphatic rings. The number of nitrogens with one attached hydrogen (secondary N) is 1. The standard InChI is InChI=1S/C23H27N3O3/c27-22-10-8-18-7-9-20(17-21(18)24-22)29-16-4-11-25-12-14-26(15-13-25)23(28)19-5-2-1-3-6-19/h1-3,5-7,9,17H,4,8,10-16H2,(H,24,27). The number of piperazine rings is 1. The summed E-state index contributed by atoms with van der Waals surface area (Å²) in [6.45, 7) is 4.90. The molecule has 4 rings (SSSR count). The fourth-order valence-corrected chi connectivity index (χ4v) is 3.86. The van der Waals surface area contributed by atoms with E-state index in [-0.39, 0.29) is 11.8 Å². The molecule has 152 valence electrons. The monoisotopic (exact) mass is 393 g/mol. The second kappa shape index (κ2) is 9.09. The van der Waals surface area contributed by atoms with Crippen LogP contribution in [-0.4, -0.2) is 60.9 Å². The molecule has 6 heteroatoms. The molecule has 1 saturated heterocycles. The molecule has 29 heavy (non-hydrogen) atoms. The van der Waals surface area contributed by atoms with E-state index in [1.165, 1.54) is 5.56 Å². The van der Waals surface area contributed by atoms with Crippen LogP contribution in [0.25, 0.3) is 0 Å². The SMILES string of the molecule is O=C1CCc2ccc(OCCCN3CCN(C(=O)c4ccccc4)CC3)cc2N1. The molecule has 0 aromatic heterocycles. The van der Waals surface area contributed by atoms with E-state index >= 15 is 0 Å². The van der Waals surface area contributed by atoms with Crippen molar-refractivity contribution in [1.29, 1.82) is 0 Å². The minimum absolute atomic E-state index is 0.0690. The van der Waals surface area contributed by atoms with Gasteiger partial charge < -0.3 is 15.0 Å². The van der Waals surface area contributed by atoms with Crippen LogP contribution in [0.15, 0.2) is 48.5 Å². The predicted molar refractivity (Wildman–Crippen MR) is 112 cm³/mol. The summed E-state index contributed by atoms with van der Waals surface area (Å²) in [4.78, 5) is 28.4. The van der Waals surface area contributed by atoms with E-state index in [1.807, 2.05) is 53.4 Å². The van der Waals surface area contributed by atoms with E-state index < -0.39 is 0 Å². The first-order valence-electron chi connectivity index (χ1n) is 10.3. The topological polar surface area (TPSA) is 61.9 Å². The Morgan fingerprint density at radius 3 is 2.59 bits per heavy atom. The molecule has 0 radical (unpaired) electrons. The first-order chi connectivity index (χ1) is 14.2. The number of hydrogen-bond acceptors (Lipinski definition) is 4. The van der Waals surface area contributed by atoms with Crippen molar-refractivity contribution in [3.05, 3.63) is 59.7 Å². The van der Waals surface area contributed by atoms with Crippen LogP contribution in [0.1, 0.15) is 28.8 Å². The fourth-order valence-electron chi connectivity index (χ4n) is 3.86. The summed E-state index contributed by atoms with van der Waals surface area (Å²) in [5.74, 6) is 0.983. The Morgan fingerprint density at radius 1 is 1.00 bits per heavy atom. The molecule has 0 bridgehead atoms. The number of fused-ring (bicyclic) bond motifs is 1. The smallest absolute Gasteiger partial charge is 0.253 e. The van der Waals surface area contributed by atoms with Gasteiger partial charge in [0.1, 0.15) is 5.75 Å². The Balaban J connectivity index is 1.17. The summed E-state index contributed by atoms with van der Waals surface area (Å²) in [7, 11) is 0. The Bertz CT molecular complexity index is 861. The number of hydrogen-bond donors (Lipinski definition) is 1. The Kier molecular flexibility index (Phi) is 6.10. The zero-order valence-electron chi connectivity index (χ0n) is 16.6. The van der Waals surface area contributed by atoms with Gasteiger partial charge in [0.2, 0.25) is 5.91 Å². The second-order valence-corrected chi connectivity index (χ2v) is 7.57. The van der Waals surface area contributed by atoms with E-state index in [2.05, 4.69) is 10.2 Å². The summed E-state index contributed by atoms with van der Waals surface area (Å²) in [5.41, 5.74) is 2.80. The molecule has 0 aliphatic carbocycles. The molecule has 1 fully saturated rings. The molecular weight excluding hydrogens is 366 g/mol. The fraction of sp³-hybridized carbons (Fsp3) is 0.391. The minimum atomic E-state index is 0.0690. The maximum Gasteiger partial charge on any atom is 0.253 e. The Hall–Kier alpha value is -2.86. The van der Waals surface area contributed by atoms with Gasteiger partial charge in [0, 0.05) is 56.5 Å². The molecule has 2 aliphatic heterocycles. The van der Waals surface area contributed by atoms with Gasteiger partial charge in [-0.3, -0.25) is 14.5 Å². The number of nitrogens with zero attached hydrogens (tertiary/aromatic N) is 2. The van der Waals surface area contributed by atoms with Crippen LogP contribution in [0.5, 0.6) is 5.75 Å². The number of ether oxygens (including phenoxy) is 1. The first kappa shape index (κ1) is 19.5. The van der Waals surface area contributed by atoms with Gasteiger partial charge in [-0.1, -0.05) is 24.3 Å². The third-order valence-electron chi connectivity index (χ3n) is 5.54. The Morgan fingerprint density at radius 2 is 1.79 bits per heavy atom. The summed E-state index contributed by atoms with van der Waals surface area (Å²) in [5, 5.41) is 2.91. The largest absolute Gasteiger partial charge is 0.493 e. The summed E-state index contributed by atoms with van der Waals surface area (Å²) < 4.78 is 5.87. The first-order valence-corrected chi connectivity index (χ1v) is 10.3. The van der Waals surface area contributed by atoms with Crippen molar-refractivity contribution in [1.82, 2.24) is 9.80 Å². The molecule has 2 aromatic rings. The van der Waals surface area contributed by atoms with Gasteiger partial charge in [-0.05, 0) is 36.6 Å². The van der Waals surface area contributed by atoms with Crippen molar-refractivity contribution in [3.63, 3.8) is 0 Å². The minimum Gasteiger partial charge on any atom is -0.493 e. The summed E-state index contributed by atoms with van der Waals surface area (Å²) in [6, 6.07) is 15.4. The van der Waals surface area contributed by atoms with Crippen LogP contribution in [0.4, 0.5) is 5.69 Å². The van der Waals surface area contributed by atoms with Crippen LogP contribution < -0.4 is 10.1 Å². The van der Waals surface area contributed by atoms with Crippen molar-refractivity contribution >= 4 is 17.5 Å². The van der Waals surface area contributed by atoms with Crippen molar-refractivity contribution < 1.29 is 14.3 Å². The quantitative estimate of drug-likeness (QED) is 0.767. The highest BCUT2D eigenvalue weighted by Crippen LogP contribution is 2.27. The number of benzene rings is 2. The van der Waals surface area contributed by atoms with Crippen molar-refractivity contribution in [2.45, 2.75) is 19.3 Å². The Labute approximate surface area is 171 Å². The molecule has 2 heterocycles. The van der Waals surface area contributed by atoms with Crippen LogP contribution in [0.3, 0.4) is 0 Å². The molecule has 1 N–H and O–H groups in total. The maximum atomic E-state index is 12.5. The summed E-state index contributed by atoms with van der Waals surface area (Å²) in [6.07, 6.45) is 2.27. The van der Waals surface area contributed by atoms with E-state index in [0.717, 1.165) is 62.6 Å². The van der Waals surface area contributed by atoms with Crippen LogP contribution in [-0.2, 0) is 11.2 Å². The van der Waals surface area contributed by atoms with Gasteiger partial charge in [0.15, 0.2) is 0 Å². The number of anilines is 1. The second-order valence-electron chi connectivity index (χ2n) is 7.57. The molecule has 0 saturated carbocycles. The number of amides is 2. The van der Waals surface area contributed by atoms with Gasteiger partial charge in [-0.25, -0.2) is 0 Å². The molecule has 2 amide bonds. The van der Waals surface area contributed by atoms with Gasteiger partial charge >= 0.3 is 0 Å². The third kappa shape index (κ3) is 4.95. The lowest BCUT2D eigenvalue weighted by atomic mass is 10.0. The maximum absolute atomic E-state index is 12.5. The molecule has 0 atom stereocenters. The number of carbonyl (C=O) groups is 2. The highest BCUT2D eigenvalue weighted by molar-refractivity contribution is 5.94. The lowest BCUT2D eigenvalue weighted by molar-refractivity contribution is -0.116. The normalized spacial score (nSPS) is 16.8. The van der Waals surface area contributed by atoms with Crippen molar-refractivity contribution in [2.24, 2.45) is 0 Å². The highest BCUT2D eigenvalue weighted by atomic mass is 16.5. The lowest BCUT2D eigenvalue weighted by Gasteiger charge is -2.34. The highest BCUT2D eigenvalue weighted by Gasteiger charge is 2.21. The summed E-state index contributed by atoms with van der Waals surface area (Å²) >= 11 is 0. The van der Waals surface area contributed by atoms with Gasteiger partial charge in [-0.15, -0.1) is 0 Å². The number of rotatable bonds is 6. The van der Waals surface area contributed by atoms with Crippen LogP contribution in [0.2, 0.25) is 0 Å². The zero-order chi connectivity index (χ0) is 20.1. The van der Waals surface area contributed by atoms with E-state index in [4.69, 9.17) is 4.74 Å². The van der Waals surface area contributed by atoms with Crippen molar-refractivity contribution in [3.8, 4) is 5.75 Å². The molecule has 0 spiro atoms. The molecule has 6 nitrogen and oxygen atoms in total. The van der Waals surface area contributed by atoms with E-state index in [1.54, 1.807) is 0 Å². The van der Waals surface area contributed by atoms with Crippen LogP contribution in [0, 0.1) is 0 Å². The van der Waals surface area contributed by atoms with Gasteiger partial charge in [0.25, 0.3) is 5.91 Å². The van der Waals surface area contributed by atoms with Crippen LogP contribution >= 0.6 is 0 Å². The zero-order valence-corrected chi connectivity index (χ0v) is 16.6. The van der Waals surface area contributed by atoms with Crippen molar-refractivity contribution in [2.75, 3.05) is 44.6 Å². The molecular formula is C23H27N3O3. The average molecular weight is 393 g/mol. The predicted octanol–water partition coefficient (Wildman–Crippen LogP) is 2.80. The molecule has 0 unspecified atom stereocenters. The van der Waals surface area contributed by atoms with E-state index in [0.29, 0.717) is 13.0 Å². The third-order valence-corrected chi connectivity index (χ3v) is 5.54. The lowest BCUT2D eigenvalue weighted by Crippen LogP contribution is -2.49. The number of aryl methyl sites for hydroxylation is 1. The molecule has 2 aromatic carbocycles.